The highest BCUT2D eigenvalue weighted by atomic mass is 16.5. The fourth-order valence-corrected chi connectivity index (χ4v) is 6.75. The van der Waals surface area contributed by atoms with E-state index in [1.54, 1.807) is 0 Å². The van der Waals surface area contributed by atoms with Crippen LogP contribution in [0.25, 0.3) is 0 Å². The van der Waals surface area contributed by atoms with Gasteiger partial charge in [0.1, 0.15) is 11.6 Å². The smallest absolute Gasteiger partial charge is 0.312 e. The second-order valence-electron chi connectivity index (χ2n) is 9.23. The van der Waals surface area contributed by atoms with Gasteiger partial charge in [-0.3, -0.25) is 14.4 Å². The summed E-state index contributed by atoms with van der Waals surface area (Å²) in [5.41, 5.74) is 0.145. The van der Waals surface area contributed by atoms with Gasteiger partial charge in [0.05, 0.1) is 19.1 Å². The van der Waals surface area contributed by atoms with Gasteiger partial charge in [0.25, 0.3) is 0 Å². The lowest BCUT2D eigenvalue weighted by Crippen LogP contribution is -2.59. The highest BCUT2D eigenvalue weighted by molar-refractivity contribution is 5.88. The summed E-state index contributed by atoms with van der Waals surface area (Å²) in [7, 11) is 1.38. The van der Waals surface area contributed by atoms with E-state index in [1.807, 2.05) is 13.0 Å². The molecule has 142 valence electrons. The number of carbonyl (C=O) groups excluding carboxylic acids is 3. The fraction of sp³-hybridized carbons (Fsp3) is 0.762. The van der Waals surface area contributed by atoms with Crippen LogP contribution < -0.4 is 0 Å². The van der Waals surface area contributed by atoms with Crippen molar-refractivity contribution in [3.63, 3.8) is 0 Å². The van der Waals surface area contributed by atoms with Crippen molar-refractivity contribution in [2.24, 2.45) is 34.5 Å². The first-order chi connectivity index (χ1) is 12.2. The first-order valence-corrected chi connectivity index (χ1v) is 9.74. The minimum Gasteiger partial charge on any atom is -0.469 e. The van der Waals surface area contributed by atoms with Crippen molar-refractivity contribution in [1.82, 2.24) is 0 Å². The van der Waals surface area contributed by atoms with Gasteiger partial charge in [-0.05, 0) is 42.4 Å². The number of methoxy groups -OCH3 is 1. The highest BCUT2D eigenvalue weighted by Gasteiger charge is 2.64. The van der Waals surface area contributed by atoms with Gasteiger partial charge in [0.15, 0.2) is 0 Å². The topological polar surface area (TPSA) is 80.7 Å². The molecule has 0 aromatic rings. The Labute approximate surface area is 154 Å². The van der Waals surface area contributed by atoms with Crippen LogP contribution in [0.5, 0.6) is 0 Å². The van der Waals surface area contributed by atoms with E-state index in [1.165, 1.54) is 7.11 Å². The molecule has 4 aliphatic rings. The van der Waals surface area contributed by atoms with Gasteiger partial charge in [-0.25, -0.2) is 0 Å². The maximum atomic E-state index is 12.6. The summed E-state index contributed by atoms with van der Waals surface area (Å²) in [6.45, 7) is 4.10. The Kier molecular flexibility index (Phi) is 3.96. The predicted molar refractivity (Wildman–Crippen MR) is 94.0 cm³/mol. The van der Waals surface area contributed by atoms with Crippen LogP contribution in [0, 0.1) is 34.5 Å². The van der Waals surface area contributed by atoms with Gasteiger partial charge in [-0.15, -0.1) is 0 Å². The number of rotatable bonds is 1. The molecular formula is C21H28O5. The van der Waals surface area contributed by atoms with Crippen molar-refractivity contribution < 1.29 is 24.2 Å². The zero-order valence-electron chi connectivity index (χ0n) is 15.8. The van der Waals surface area contributed by atoms with Gasteiger partial charge in [0.2, 0.25) is 0 Å². The first kappa shape index (κ1) is 17.9. The molecular weight excluding hydrogens is 332 g/mol. The molecule has 0 bridgehead atoms. The Morgan fingerprint density at radius 2 is 1.96 bits per heavy atom. The van der Waals surface area contributed by atoms with Gasteiger partial charge in [-0.1, -0.05) is 25.5 Å². The SMILES string of the molecule is COC(=O)[C@@H]1C=C2CC(=O)CC[C@]2(C)C2[C@@H]1[C@@H]1CCC(=O)[C@@]1(C)C[C@H]2O. The molecule has 0 aromatic heterocycles. The normalized spacial score (nSPS) is 47.5. The Morgan fingerprint density at radius 3 is 2.65 bits per heavy atom. The van der Waals surface area contributed by atoms with E-state index in [0.717, 1.165) is 12.0 Å². The molecule has 7 atom stereocenters. The Hall–Kier alpha value is -1.49. The second-order valence-corrected chi connectivity index (χ2v) is 9.23. The van der Waals surface area contributed by atoms with Crippen LogP contribution in [-0.4, -0.2) is 35.9 Å². The number of hydrogen-bond acceptors (Lipinski definition) is 5. The molecule has 3 fully saturated rings. The summed E-state index contributed by atoms with van der Waals surface area (Å²) in [5, 5.41) is 11.2. The minimum absolute atomic E-state index is 0.0831. The lowest BCUT2D eigenvalue weighted by molar-refractivity contribution is -0.166. The average molecular weight is 360 g/mol. The number of allylic oxidation sites excluding steroid dienone is 1. The maximum absolute atomic E-state index is 12.6. The molecule has 3 saturated carbocycles. The number of aliphatic hydroxyl groups is 1. The molecule has 1 unspecified atom stereocenters. The van der Waals surface area contributed by atoms with E-state index in [2.05, 4.69) is 6.92 Å². The lowest BCUT2D eigenvalue weighted by atomic mass is 9.45. The molecule has 4 aliphatic carbocycles. The van der Waals surface area contributed by atoms with E-state index in [9.17, 15) is 19.5 Å². The number of hydrogen-bond donors (Lipinski definition) is 1. The molecule has 0 amide bonds. The Balaban J connectivity index is 1.87. The van der Waals surface area contributed by atoms with E-state index in [4.69, 9.17) is 4.74 Å². The molecule has 26 heavy (non-hydrogen) atoms. The summed E-state index contributed by atoms with van der Waals surface area (Å²) in [4.78, 5) is 37.3. The molecule has 5 heteroatoms. The van der Waals surface area contributed by atoms with Crippen LogP contribution in [0.4, 0.5) is 0 Å². The zero-order valence-corrected chi connectivity index (χ0v) is 15.8. The Morgan fingerprint density at radius 1 is 1.23 bits per heavy atom. The maximum Gasteiger partial charge on any atom is 0.312 e. The summed E-state index contributed by atoms with van der Waals surface area (Å²) in [5.74, 6) is -0.523. The number of ether oxygens (including phenoxy) is 1. The molecule has 0 heterocycles. The molecule has 1 N–H and O–H groups in total. The number of carbonyl (C=O) groups is 3. The number of Topliss-reactive ketones (excluding diaryl/α,β-unsaturated/α-hetero) is 2. The van der Waals surface area contributed by atoms with E-state index >= 15 is 0 Å². The Bertz CT molecular complexity index is 709. The number of esters is 1. The summed E-state index contributed by atoms with van der Waals surface area (Å²) in [6, 6.07) is 0. The quantitative estimate of drug-likeness (QED) is 0.574. The van der Waals surface area contributed by atoms with Gasteiger partial charge in [-0.2, -0.15) is 0 Å². The molecule has 0 aromatic carbocycles. The number of ketones is 2. The van der Waals surface area contributed by atoms with E-state index in [-0.39, 0.29) is 40.7 Å². The van der Waals surface area contributed by atoms with Crippen molar-refractivity contribution in [2.75, 3.05) is 7.11 Å². The first-order valence-electron chi connectivity index (χ1n) is 9.74. The average Bonchev–Trinajstić information content (AvgIpc) is 2.88. The third kappa shape index (κ3) is 2.22. The molecule has 0 saturated heterocycles. The van der Waals surface area contributed by atoms with Crippen LogP contribution in [-0.2, 0) is 19.1 Å². The van der Waals surface area contributed by atoms with E-state index < -0.39 is 17.4 Å². The molecule has 4 rings (SSSR count). The fourth-order valence-electron chi connectivity index (χ4n) is 6.75. The summed E-state index contributed by atoms with van der Waals surface area (Å²) < 4.78 is 5.09. The van der Waals surface area contributed by atoms with Crippen LogP contribution >= 0.6 is 0 Å². The second kappa shape index (κ2) is 5.75. The largest absolute Gasteiger partial charge is 0.469 e. The number of fused-ring (bicyclic) bond motifs is 5. The van der Waals surface area contributed by atoms with Crippen LogP contribution in [0.2, 0.25) is 0 Å². The van der Waals surface area contributed by atoms with Crippen LogP contribution in [0.3, 0.4) is 0 Å². The van der Waals surface area contributed by atoms with Crippen LogP contribution in [0.15, 0.2) is 11.6 Å². The van der Waals surface area contributed by atoms with Gasteiger partial charge < -0.3 is 9.84 Å². The number of aliphatic hydroxyl groups excluding tert-OH is 1. The zero-order chi connectivity index (χ0) is 18.9. The summed E-state index contributed by atoms with van der Waals surface area (Å²) in [6.07, 6.45) is 4.66. The molecule has 0 radical (unpaired) electrons. The molecule has 0 spiro atoms. The third-order valence-electron chi connectivity index (χ3n) is 8.11. The van der Waals surface area contributed by atoms with Gasteiger partial charge in [0, 0.05) is 24.7 Å². The minimum atomic E-state index is -0.641. The standard InChI is InChI=1S/C21H28O5/c1-20-7-6-12(22)8-11(20)9-13(19(25)26-3)17-14-4-5-16(24)21(14,2)10-15(23)18(17)20/h9,13-15,17-18,23H,4-8,10H2,1-3H3/t13-,14+,15-,17+,18?,20+,21+/m1/s1. The van der Waals surface area contributed by atoms with Crippen molar-refractivity contribution in [2.45, 2.75) is 58.5 Å². The van der Waals surface area contributed by atoms with Crippen molar-refractivity contribution >= 4 is 17.5 Å². The third-order valence-corrected chi connectivity index (χ3v) is 8.11. The highest BCUT2D eigenvalue weighted by Crippen LogP contribution is 2.65. The lowest BCUT2D eigenvalue weighted by Gasteiger charge is -2.59. The van der Waals surface area contributed by atoms with Crippen molar-refractivity contribution in [1.29, 1.82) is 0 Å². The van der Waals surface area contributed by atoms with E-state index in [0.29, 0.717) is 32.1 Å². The summed E-state index contributed by atoms with van der Waals surface area (Å²) >= 11 is 0. The van der Waals surface area contributed by atoms with Crippen molar-refractivity contribution in [3.8, 4) is 0 Å². The molecule has 0 aliphatic heterocycles. The van der Waals surface area contributed by atoms with Crippen molar-refractivity contribution in [3.05, 3.63) is 11.6 Å². The predicted octanol–water partition coefficient (Wildman–Crippen LogP) is 2.46. The van der Waals surface area contributed by atoms with Gasteiger partial charge >= 0.3 is 5.97 Å². The molecule has 5 nitrogen and oxygen atoms in total. The monoisotopic (exact) mass is 360 g/mol. The van der Waals surface area contributed by atoms with Crippen LogP contribution in [0.1, 0.15) is 52.4 Å².